The van der Waals surface area contributed by atoms with Gasteiger partial charge in [0.25, 0.3) is 0 Å². The van der Waals surface area contributed by atoms with Gasteiger partial charge in [0.05, 0.1) is 13.2 Å². The molecule has 0 amide bonds. The largest absolute Gasteiger partial charge is 0.368 e. The maximum Gasteiger partial charge on any atom is 0.357 e. The van der Waals surface area contributed by atoms with Crippen LogP contribution in [0.5, 0.6) is 0 Å². The molecule has 3 rings (SSSR count). The van der Waals surface area contributed by atoms with Gasteiger partial charge in [0.2, 0.25) is 0 Å². The smallest absolute Gasteiger partial charge is 0.357 e. The van der Waals surface area contributed by atoms with Crippen molar-refractivity contribution in [3.05, 3.63) is 65.3 Å². The number of fused-ring (bicyclic) bond motifs is 1. The van der Waals surface area contributed by atoms with Crippen molar-refractivity contribution in [1.82, 2.24) is 4.98 Å². The minimum absolute atomic E-state index is 0.290. The molecule has 0 aliphatic heterocycles. The van der Waals surface area contributed by atoms with Crippen LogP contribution >= 0.6 is 19.2 Å². The summed E-state index contributed by atoms with van der Waals surface area (Å²) in [5.41, 5.74) is 2.58. The lowest BCUT2D eigenvalue weighted by Gasteiger charge is -2.27. The van der Waals surface area contributed by atoms with Gasteiger partial charge in [0.1, 0.15) is 0 Å². The third-order valence-corrected chi connectivity index (χ3v) is 6.53. The van der Waals surface area contributed by atoms with Crippen molar-refractivity contribution in [2.24, 2.45) is 0 Å². The van der Waals surface area contributed by atoms with E-state index in [4.69, 9.17) is 20.6 Å². The summed E-state index contributed by atoms with van der Waals surface area (Å²) >= 11 is 5.98. The Balaban J connectivity index is 2.08. The first-order chi connectivity index (χ1) is 12.6. The summed E-state index contributed by atoms with van der Waals surface area (Å²) in [5.74, 6) is -0.653. The fourth-order valence-corrected chi connectivity index (χ4v) is 4.98. The number of aromatic nitrogens is 1. The predicted molar refractivity (Wildman–Crippen MR) is 107 cm³/mol. The molecular weight excluding hydrogens is 371 g/mol. The lowest BCUT2D eigenvalue weighted by molar-refractivity contribution is 0.214. The molecule has 2 aromatic carbocycles. The Morgan fingerprint density at radius 2 is 1.73 bits per heavy atom. The molecule has 0 saturated heterocycles. The van der Waals surface area contributed by atoms with Gasteiger partial charge >= 0.3 is 7.60 Å². The van der Waals surface area contributed by atoms with E-state index in [9.17, 15) is 4.57 Å². The molecule has 26 heavy (non-hydrogen) atoms. The van der Waals surface area contributed by atoms with Gasteiger partial charge in [-0.15, -0.1) is 0 Å². The number of rotatable bonds is 8. The minimum Gasteiger partial charge on any atom is -0.368 e. The Labute approximate surface area is 158 Å². The summed E-state index contributed by atoms with van der Waals surface area (Å²) in [7, 11) is -3.46. The Morgan fingerprint density at radius 1 is 1.08 bits per heavy atom. The van der Waals surface area contributed by atoms with Crippen molar-refractivity contribution in [1.29, 1.82) is 0 Å². The maximum absolute atomic E-state index is 13.6. The molecule has 0 fully saturated rings. The summed E-state index contributed by atoms with van der Waals surface area (Å²) in [5, 5.41) is 4.93. The molecular formula is C19H22ClN2O3P. The summed E-state index contributed by atoms with van der Waals surface area (Å²) in [6.07, 6.45) is 1.85. The second-order valence-corrected chi connectivity index (χ2v) is 8.27. The highest BCUT2D eigenvalue weighted by Crippen LogP contribution is 2.61. The van der Waals surface area contributed by atoms with Crippen LogP contribution in [0.15, 0.2) is 54.7 Å². The van der Waals surface area contributed by atoms with Crippen molar-refractivity contribution < 1.29 is 13.6 Å². The minimum atomic E-state index is -3.46. The molecule has 138 valence electrons. The van der Waals surface area contributed by atoms with Gasteiger partial charge in [-0.2, -0.15) is 0 Å². The summed E-state index contributed by atoms with van der Waals surface area (Å²) in [6, 6.07) is 15.1. The number of hydrogen-bond acceptors (Lipinski definition) is 4. The molecule has 0 bridgehead atoms. The Kier molecular flexibility index (Phi) is 6.05. The molecule has 0 aliphatic carbocycles. The molecule has 0 saturated carbocycles. The predicted octanol–water partition coefficient (Wildman–Crippen LogP) is 6.20. The second kappa shape index (κ2) is 8.28. The third-order valence-electron chi connectivity index (χ3n) is 4.00. The number of para-hydroxylation sites is 1. The third kappa shape index (κ3) is 3.97. The highest BCUT2D eigenvalue weighted by molar-refractivity contribution is 7.54. The Hall–Kier alpha value is -1.78. The number of benzene rings is 2. The van der Waals surface area contributed by atoms with E-state index >= 15 is 0 Å². The van der Waals surface area contributed by atoms with Crippen LogP contribution in [0, 0.1) is 0 Å². The van der Waals surface area contributed by atoms with Crippen molar-refractivity contribution in [2.45, 2.75) is 19.6 Å². The van der Waals surface area contributed by atoms with Crippen LogP contribution in [0.2, 0.25) is 5.02 Å². The van der Waals surface area contributed by atoms with Gasteiger partial charge in [-0.1, -0.05) is 29.8 Å². The van der Waals surface area contributed by atoms with Crippen LogP contribution < -0.4 is 5.32 Å². The highest BCUT2D eigenvalue weighted by Gasteiger charge is 2.38. The molecule has 1 unspecified atom stereocenters. The molecule has 3 aromatic rings. The monoisotopic (exact) mass is 392 g/mol. The number of anilines is 1. The zero-order valence-electron chi connectivity index (χ0n) is 14.7. The van der Waals surface area contributed by atoms with E-state index < -0.39 is 13.4 Å². The first-order valence-corrected chi connectivity index (χ1v) is 10.5. The van der Waals surface area contributed by atoms with E-state index in [2.05, 4.69) is 10.3 Å². The van der Waals surface area contributed by atoms with Gasteiger partial charge in [-0.05, 0) is 44.2 Å². The Morgan fingerprint density at radius 3 is 2.38 bits per heavy atom. The molecule has 1 aromatic heterocycles. The number of nitrogens with one attached hydrogen (secondary N) is 2. The molecule has 0 radical (unpaired) electrons. The molecule has 0 aliphatic rings. The van der Waals surface area contributed by atoms with Gasteiger partial charge in [0.15, 0.2) is 5.78 Å². The average Bonchev–Trinajstić information content (AvgIpc) is 3.05. The van der Waals surface area contributed by atoms with Crippen molar-refractivity contribution in [3.63, 3.8) is 0 Å². The van der Waals surface area contributed by atoms with E-state index in [-0.39, 0.29) is 0 Å². The molecule has 2 N–H and O–H groups in total. The molecule has 5 nitrogen and oxygen atoms in total. The van der Waals surface area contributed by atoms with Crippen molar-refractivity contribution in [3.8, 4) is 0 Å². The van der Waals surface area contributed by atoms with Crippen LogP contribution in [0.4, 0.5) is 5.69 Å². The lowest BCUT2D eigenvalue weighted by Crippen LogP contribution is -2.15. The fraction of sp³-hybridized carbons (Fsp3) is 0.263. The van der Waals surface area contributed by atoms with Gasteiger partial charge in [-0.3, -0.25) is 4.57 Å². The van der Waals surface area contributed by atoms with E-state index in [1.165, 1.54) is 0 Å². The van der Waals surface area contributed by atoms with Crippen LogP contribution in [-0.4, -0.2) is 18.2 Å². The van der Waals surface area contributed by atoms with E-state index in [0.29, 0.717) is 18.2 Å². The SMILES string of the molecule is CCOP(=O)(OCC)C(Nc1ccc(Cl)cc1)c1c[nH]c2ccccc12. The van der Waals surface area contributed by atoms with E-state index in [1.54, 1.807) is 26.0 Å². The standard InChI is InChI=1S/C19H22ClN2O3P/c1-3-24-26(23,25-4-2)19(22-15-11-9-14(20)10-12-15)17-13-21-18-8-6-5-7-16(17)18/h5-13,19,21-22H,3-4H2,1-2H3. The zero-order valence-corrected chi connectivity index (χ0v) is 16.4. The summed E-state index contributed by atoms with van der Waals surface area (Å²) < 4.78 is 24.8. The van der Waals surface area contributed by atoms with Crippen molar-refractivity contribution in [2.75, 3.05) is 18.5 Å². The first-order valence-electron chi connectivity index (χ1n) is 8.54. The lowest BCUT2D eigenvalue weighted by atomic mass is 10.1. The zero-order chi connectivity index (χ0) is 18.6. The average molecular weight is 393 g/mol. The van der Waals surface area contributed by atoms with Crippen LogP contribution in [0.3, 0.4) is 0 Å². The quantitative estimate of drug-likeness (QED) is 0.448. The summed E-state index contributed by atoms with van der Waals surface area (Å²) in [4.78, 5) is 3.23. The normalized spacial score (nSPS) is 13.0. The first kappa shape index (κ1) is 19.0. The summed E-state index contributed by atoms with van der Waals surface area (Å²) in [6.45, 7) is 4.19. The molecule has 7 heteroatoms. The number of hydrogen-bond donors (Lipinski definition) is 2. The van der Waals surface area contributed by atoms with Crippen LogP contribution in [0.1, 0.15) is 25.2 Å². The maximum atomic E-state index is 13.6. The Bertz CT molecular complexity index is 901. The van der Waals surface area contributed by atoms with E-state index in [1.807, 2.05) is 42.6 Å². The number of H-pyrrole nitrogens is 1. The molecule has 0 spiro atoms. The number of aromatic amines is 1. The fourth-order valence-electron chi connectivity index (χ4n) is 2.90. The molecule has 1 heterocycles. The van der Waals surface area contributed by atoms with Gasteiger partial charge in [-0.25, -0.2) is 0 Å². The van der Waals surface area contributed by atoms with E-state index in [0.717, 1.165) is 22.2 Å². The van der Waals surface area contributed by atoms with Gasteiger partial charge < -0.3 is 19.3 Å². The van der Waals surface area contributed by atoms with Crippen molar-refractivity contribution >= 4 is 35.8 Å². The van der Waals surface area contributed by atoms with Gasteiger partial charge in [0, 0.05) is 33.4 Å². The highest BCUT2D eigenvalue weighted by atomic mass is 35.5. The van der Waals surface area contributed by atoms with Crippen LogP contribution in [-0.2, 0) is 13.6 Å². The molecule has 1 atom stereocenters. The van der Waals surface area contributed by atoms with Crippen LogP contribution in [0.25, 0.3) is 10.9 Å². The number of halogens is 1. The topological polar surface area (TPSA) is 63.4 Å². The second-order valence-electron chi connectivity index (χ2n) is 5.72.